The van der Waals surface area contributed by atoms with Gasteiger partial charge in [-0.05, 0) is 41.7 Å². The van der Waals surface area contributed by atoms with Gasteiger partial charge >= 0.3 is 0 Å². The van der Waals surface area contributed by atoms with Crippen LogP contribution in [0, 0.1) is 32.8 Å². The monoisotopic (exact) mass is 367 g/mol. The van der Waals surface area contributed by atoms with Crippen LogP contribution in [0.25, 0.3) is 0 Å². The molecule has 1 aromatic carbocycles. The number of hydrogen-bond acceptors (Lipinski definition) is 5. The summed E-state index contributed by atoms with van der Waals surface area (Å²) in [5.74, 6) is 0.605. The fourth-order valence-electron chi connectivity index (χ4n) is 3.37. The standard InChI is InChI=1S/C20H21N3O2S/c1-20(2,3)14-7-8-16-17(11-21)19(26-18(16)10-14)22-12-13-5-4-6-15(9-13)23(24)25/h4-6,9,12,14H,7-8,10H2,1-3H3/t14-/m0/s1. The Labute approximate surface area is 157 Å². The van der Waals surface area contributed by atoms with Gasteiger partial charge in [0.15, 0.2) is 0 Å². The van der Waals surface area contributed by atoms with Crippen molar-refractivity contribution in [1.82, 2.24) is 0 Å². The zero-order chi connectivity index (χ0) is 18.9. The first kappa shape index (κ1) is 18.3. The molecule has 1 aliphatic carbocycles. The molecule has 3 rings (SSSR count). The first-order chi connectivity index (χ1) is 12.3. The molecular formula is C20H21N3O2S. The van der Waals surface area contributed by atoms with Gasteiger partial charge < -0.3 is 0 Å². The van der Waals surface area contributed by atoms with E-state index in [2.05, 4.69) is 31.8 Å². The number of nitrogens with zero attached hydrogens (tertiary/aromatic N) is 3. The van der Waals surface area contributed by atoms with E-state index in [-0.39, 0.29) is 11.1 Å². The summed E-state index contributed by atoms with van der Waals surface area (Å²) in [6.07, 6.45) is 4.61. The van der Waals surface area contributed by atoms with Gasteiger partial charge in [0.2, 0.25) is 0 Å². The topological polar surface area (TPSA) is 79.3 Å². The summed E-state index contributed by atoms with van der Waals surface area (Å²) < 4.78 is 0. The molecule has 1 heterocycles. The maximum absolute atomic E-state index is 10.9. The van der Waals surface area contributed by atoms with Crippen LogP contribution in [0.4, 0.5) is 10.7 Å². The summed E-state index contributed by atoms with van der Waals surface area (Å²) in [4.78, 5) is 16.2. The van der Waals surface area contributed by atoms with Crippen molar-refractivity contribution in [2.75, 3.05) is 0 Å². The lowest BCUT2D eigenvalue weighted by molar-refractivity contribution is -0.384. The van der Waals surface area contributed by atoms with E-state index < -0.39 is 4.92 Å². The lowest BCUT2D eigenvalue weighted by Gasteiger charge is -2.33. The molecule has 1 aliphatic rings. The highest BCUT2D eigenvalue weighted by Gasteiger charge is 2.32. The summed E-state index contributed by atoms with van der Waals surface area (Å²) in [6.45, 7) is 6.80. The van der Waals surface area contributed by atoms with Crippen molar-refractivity contribution in [3.63, 3.8) is 0 Å². The van der Waals surface area contributed by atoms with Gasteiger partial charge in [0, 0.05) is 23.2 Å². The van der Waals surface area contributed by atoms with E-state index >= 15 is 0 Å². The first-order valence-electron chi connectivity index (χ1n) is 8.62. The van der Waals surface area contributed by atoms with Gasteiger partial charge in [0.1, 0.15) is 11.1 Å². The summed E-state index contributed by atoms with van der Waals surface area (Å²) >= 11 is 1.58. The normalized spacial score (nSPS) is 17.1. The number of rotatable bonds is 3. The van der Waals surface area contributed by atoms with Gasteiger partial charge in [-0.25, -0.2) is 4.99 Å². The SMILES string of the molecule is CC(C)(C)[C@H]1CCc2c(sc(N=Cc3cccc([N+](=O)[O-])c3)c2C#N)C1. The third kappa shape index (κ3) is 3.68. The summed E-state index contributed by atoms with van der Waals surface area (Å²) in [6, 6.07) is 8.66. The minimum atomic E-state index is -0.422. The van der Waals surface area contributed by atoms with Gasteiger partial charge in [-0.1, -0.05) is 32.9 Å². The van der Waals surface area contributed by atoms with Crippen LogP contribution in [0.1, 0.15) is 48.8 Å². The molecule has 1 aromatic heterocycles. The number of non-ortho nitro benzene ring substituents is 1. The smallest absolute Gasteiger partial charge is 0.258 e. The molecule has 0 fully saturated rings. The zero-order valence-electron chi connectivity index (χ0n) is 15.2. The van der Waals surface area contributed by atoms with Crippen molar-refractivity contribution in [2.45, 2.75) is 40.0 Å². The third-order valence-corrected chi connectivity index (χ3v) is 6.16. The Kier molecular flexibility index (Phi) is 4.92. The van der Waals surface area contributed by atoms with E-state index in [0.717, 1.165) is 24.8 Å². The molecule has 26 heavy (non-hydrogen) atoms. The van der Waals surface area contributed by atoms with Crippen molar-refractivity contribution in [3.8, 4) is 6.07 Å². The van der Waals surface area contributed by atoms with Crippen molar-refractivity contribution in [2.24, 2.45) is 16.3 Å². The van der Waals surface area contributed by atoms with Crippen LogP contribution >= 0.6 is 11.3 Å². The van der Waals surface area contributed by atoms with Gasteiger partial charge in [0.25, 0.3) is 5.69 Å². The van der Waals surface area contributed by atoms with E-state index in [1.165, 1.54) is 17.0 Å². The number of thiophene rings is 1. The van der Waals surface area contributed by atoms with E-state index in [1.807, 2.05) is 0 Å². The molecule has 5 nitrogen and oxygen atoms in total. The molecule has 0 aliphatic heterocycles. The highest BCUT2D eigenvalue weighted by molar-refractivity contribution is 7.16. The van der Waals surface area contributed by atoms with E-state index in [0.29, 0.717) is 22.0 Å². The number of nitro benzene ring substituents is 1. The Morgan fingerprint density at radius 2 is 2.19 bits per heavy atom. The molecule has 0 radical (unpaired) electrons. The highest BCUT2D eigenvalue weighted by atomic mass is 32.1. The predicted octanol–water partition coefficient (Wildman–Crippen LogP) is 5.43. The van der Waals surface area contributed by atoms with Crippen LogP contribution in [-0.4, -0.2) is 11.1 Å². The molecule has 134 valence electrons. The molecule has 0 unspecified atom stereocenters. The number of nitro groups is 1. The van der Waals surface area contributed by atoms with Crippen molar-refractivity contribution in [1.29, 1.82) is 5.26 Å². The van der Waals surface area contributed by atoms with Gasteiger partial charge in [0.05, 0.1) is 10.5 Å². The Balaban J connectivity index is 1.90. The molecule has 6 heteroatoms. The van der Waals surface area contributed by atoms with Crippen LogP contribution in [0.3, 0.4) is 0 Å². The summed E-state index contributed by atoms with van der Waals surface area (Å²) in [5, 5.41) is 21.2. The van der Waals surface area contributed by atoms with Gasteiger partial charge in [-0.3, -0.25) is 10.1 Å². The highest BCUT2D eigenvalue weighted by Crippen LogP contribution is 2.44. The quantitative estimate of drug-likeness (QED) is 0.412. The number of benzene rings is 1. The molecule has 0 spiro atoms. The Hall–Kier alpha value is -2.52. The maximum atomic E-state index is 10.9. The Morgan fingerprint density at radius 3 is 2.85 bits per heavy atom. The van der Waals surface area contributed by atoms with Crippen LogP contribution < -0.4 is 0 Å². The molecule has 0 saturated carbocycles. The molecule has 2 aromatic rings. The lowest BCUT2D eigenvalue weighted by atomic mass is 9.72. The van der Waals surface area contributed by atoms with Crippen molar-refractivity contribution in [3.05, 3.63) is 55.9 Å². The zero-order valence-corrected chi connectivity index (χ0v) is 16.0. The van der Waals surface area contributed by atoms with Crippen molar-refractivity contribution < 1.29 is 4.92 Å². The lowest BCUT2D eigenvalue weighted by Crippen LogP contribution is -2.26. The van der Waals surface area contributed by atoms with Crippen LogP contribution in [0.5, 0.6) is 0 Å². The minimum absolute atomic E-state index is 0.0351. The average Bonchev–Trinajstić information content (AvgIpc) is 2.96. The van der Waals surface area contributed by atoms with Crippen LogP contribution in [0.15, 0.2) is 29.3 Å². The molecular weight excluding hydrogens is 346 g/mol. The first-order valence-corrected chi connectivity index (χ1v) is 9.44. The molecule has 1 atom stereocenters. The van der Waals surface area contributed by atoms with E-state index in [1.54, 1.807) is 29.7 Å². The fourth-order valence-corrected chi connectivity index (χ4v) is 4.59. The predicted molar refractivity (Wildman–Crippen MR) is 104 cm³/mol. The minimum Gasteiger partial charge on any atom is -0.258 e. The molecule has 0 amide bonds. The number of aliphatic imine (C=N–C) groups is 1. The largest absolute Gasteiger partial charge is 0.270 e. The van der Waals surface area contributed by atoms with E-state index in [4.69, 9.17) is 0 Å². The molecule has 0 saturated heterocycles. The average molecular weight is 367 g/mol. The third-order valence-electron chi connectivity index (χ3n) is 5.00. The maximum Gasteiger partial charge on any atom is 0.270 e. The second-order valence-electron chi connectivity index (χ2n) is 7.71. The van der Waals surface area contributed by atoms with Crippen molar-refractivity contribution >= 4 is 28.2 Å². The van der Waals surface area contributed by atoms with Gasteiger partial charge in [-0.2, -0.15) is 5.26 Å². The second-order valence-corrected chi connectivity index (χ2v) is 8.80. The number of hydrogen-bond donors (Lipinski definition) is 0. The van der Waals surface area contributed by atoms with Gasteiger partial charge in [-0.15, -0.1) is 11.3 Å². The number of nitriles is 1. The van der Waals surface area contributed by atoms with Crippen LogP contribution in [-0.2, 0) is 12.8 Å². The molecule has 0 bridgehead atoms. The van der Waals surface area contributed by atoms with Crippen LogP contribution in [0.2, 0.25) is 0 Å². The fraction of sp³-hybridized carbons (Fsp3) is 0.400. The number of fused-ring (bicyclic) bond motifs is 1. The molecule has 0 N–H and O–H groups in total. The Morgan fingerprint density at radius 1 is 1.42 bits per heavy atom. The second kappa shape index (κ2) is 7.00. The van der Waals surface area contributed by atoms with E-state index in [9.17, 15) is 15.4 Å². The summed E-state index contributed by atoms with van der Waals surface area (Å²) in [5.41, 5.74) is 2.75. The summed E-state index contributed by atoms with van der Waals surface area (Å²) in [7, 11) is 0. The Bertz CT molecular complexity index is 916.